The van der Waals surface area contributed by atoms with Crippen LogP contribution in [0.1, 0.15) is 40.5 Å². The summed E-state index contributed by atoms with van der Waals surface area (Å²) < 4.78 is 27.3. The molecule has 2 N–H and O–H groups in total. The lowest BCUT2D eigenvalue weighted by molar-refractivity contribution is 0.434. The first-order chi connectivity index (χ1) is 9.81. The molecule has 0 bridgehead atoms. The maximum absolute atomic E-state index is 12.3. The Morgan fingerprint density at radius 3 is 2.52 bits per heavy atom. The molecule has 5 nitrogen and oxygen atoms in total. The lowest BCUT2D eigenvalue weighted by Crippen LogP contribution is -2.36. The van der Waals surface area contributed by atoms with Gasteiger partial charge >= 0.3 is 0 Å². The van der Waals surface area contributed by atoms with Gasteiger partial charge in [0.05, 0.1) is 5.02 Å². The number of hydrogen-bond donors (Lipinski definition) is 2. The van der Waals surface area contributed by atoms with Gasteiger partial charge in [-0.15, -0.1) is 0 Å². The number of rotatable bonds is 8. The van der Waals surface area contributed by atoms with Crippen LogP contribution in [0.5, 0.6) is 0 Å². The molecular weight excluding hydrogens is 310 g/mol. The summed E-state index contributed by atoms with van der Waals surface area (Å²) in [4.78, 5) is 4.18. The quantitative estimate of drug-likeness (QED) is 0.766. The van der Waals surface area contributed by atoms with Crippen molar-refractivity contribution in [2.45, 2.75) is 51.5 Å². The van der Waals surface area contributed by atoms with Gasteiger partial charge in [0.15, 0.2) is 0 Å². The van der Waals surface area contributed by atoms with Crippen LogP contribution in [-0.4, -0.2) is 26.0 Å². The van der Waals surface area contributed by atoms with Gasteiger partial charge in [-0.25, -0.2) is 18.1 Å². The first-order valence-corrected chi connectivity index (χ1v) is 9.09. The monoisotopic (exact) mass is 333 g/mol. The van der Waals surface area contributed by atoms with Gasteiger partial charge in [-0.2, -0.15) is 0 Å². The van der Waals surface area contributed by atoms with E-state index in [4.69, 9.17) is 11.6 Å². The highest BCUT2D eigenvalue weighted by Crippen LogP contribution is 2.23. The van der Waals surface area contributed by atoms with Gasteiger partial charge < -0.3 is 5.32 Å². The first-order valence-electron chi connectivity index (χ1n) is 7.23. The zero-order valence-electron chi connectivity index (χ0n) is 13.0. The van der Waals surface area contributed by atoms with E-state index in [0.29, 0.717) is 10.8 Å². The van der Waals surface area contributed by atoms with E-state index in [9.17, 15) is 8.42 Å². The summed E-state index contributed by atoms with van der Waals surface area (Å²) in [7, 11) is -3.60. The van der Waals surface area contributed by atoms with E-state index < -0.39 is 10.0 Å². The predicted molar refractivity (Wildman–Crippen MR) is 87.3 cm³/mol. The second-order valence-corrected chi connectivity index (χ2v) is 7.34. The fraction of sp³-hybridized carbons (Fsp3) is 0.643. The molecule has 0 amide bonds. The van der Waals surface area contributed by atoms with Crippen LogP contribution >= 0.6 is 11.6 Å². The SMILES string of the molecule is CCCNc1ncc(S(=O)(=O)NC(C)C(C)CC)cc1Cl. The summed E-state index contributed by atoms with van der Waals surface area (Å²) in [5, 5.41) is 3.36. The molecule has 1 aromatic heterocycles. The minimum Gasteiger partial charge on any atom is -0.369 e. The second kappa shape index (κ2) is 7.96. The fourth-order valence-electron chi connectivity index (χ4n) is 1.72. The average molecular weight is 334 g/mol. The Labute approximate surface area is 132 Å². The molecule has 0 saturated heterocycles. The second-order valence-electron chi connectivity index (χ2n) is 5.22. The summed E-state index contributed by atoms with van der Waals surface area (Å²) in [6.45, 7) is 8.66. The number of sulfonamides is 1. The maximum atomic E-state index is 12.3. The number of nitrogens with one attached hydrogen (secondary N) is 2. The predicted octanol–water partition coefficient (Wildman–Crippen LogP) is 3.27. The minimum atomic E-state index is -3.60. The Balaban J connectivity index is 2.91. The molecule has 0 spiro atoms. The lowest BCUT2D eigenvalue weighted by atomic mass is 10.0. The Morgan fingerprint density at radius 1 is 1.33 bits per heavy atom. The van der Waals surface area contributed by atoms with Gasteiger partial charge in [-0.1, -0.05) is 38.8 Å². The number of halogens is 1. The first kappa shape index (κ1) is 18.2. The van der Waals surface area contributed by atoms with Gasteiger partial charge in [0.25, 0.3) is 0 Å². The molecule has 1 rings (SSSR count). The Kier molecular flexibility index (Phi) is 6.90. The van der Waals surface area contributed by atoms with E-state index in [0.717, 1.165) is 19.4 Å². The minimum absolute atomic E-state index is 0.0877. The molecule has 1 aromatic rings. The third kappa shape index (κ3) is 5.13. The highest BCUT2D eigenvalue weighted by molar-refractivity contribution is 7.89. The Hall–Kier alpha value is -0.850. The molecule has 1 heterocycles. The van der Waals surface area contributed by atoms with Crippen LogP contribution < -0.4 is 10.0 Å². The lowest BCUT2D eigenvalue weighted by Gasteiger charge is -2.20. The topological polar surface area (TPSA) is 71.1 Å². The number of hydrogen-bond acceptors (Lipinski definition) is 4. The standard InChI is InChI=1S/C14H24ClN3O2S/c1-5-7-16-14-13(15)8-12(9-17-14)21(19,20)18-11(4)10(3)6-2/h8-11,18H,5-7H2,1-4H3,(H,16,17). The molecular formula is C14H24ClN3O2S. The molecule has 2 atom stereocenters. The van der Waals surface area contributed by atoms with E-state index in [2.05, 4.69) is 15.0 Å². The van der Waals surface area contributed by atoms with Gasteiger partial charge in [0.2, 0.25) is 10.0 Å². The van der Waals surface area contributed by atoms with Crippen molar-refractivity contribution in [1.82, 2.24) is 9.71 Å². The van der Waals surface area contributed by atoms with Gasteiger partial charge in [0.1, 0.15) is 10.7 Å². The zero-order valence-corrected chi connectivity index (χ0v) is 14.6. The van der Waals surface area contributed by atoms with E-state index >= 15 is 0 Å². The van der Waals surface area contributed by atoms with Crippen LogP contribution in [-0.2, 0) is 10.0 Å². The van der Waals surface area contributed by atoms with Gasteiger partial charge in [-0.3, -0.25) is 0 Å². The molecule has 0 radical (unpaired) electrons. The van der Waals surface area contributed by atoms with Crippen LogP contribution in [0.3, 0.4) is 0 Å². The maximum Gasteiger partial charge on any atom is 0.242 e. The smallest absolute Gasteiger partial charge is 0.242 e. The van der Waals surface area contributed by atoms with E-state index in [-0.39, 0.29) is 16.9 Å². The molecule has 0 aliphatic carbocycles. The number of anilines is 1. The summed E-state index contributed by atoms with van der Waals surface area (Å²) in [6, 6.07) is 1.29. The summed E-state index contributed by atoms with van der Waals surface area (Å²) in [5.74, 6) is 0.765. The van der Waals surface area contributed by atoms with E-state index in [1.54, 1.807) is 0 Å². The molecule has 0 aromatic carbocycles. The van der Waals surface area contributed by atoms with Crippen molar-refractivity contribution >= 4 is 27.4 Å². The highest BCUT2D eigenvalue weighted by Gasteiger charge is 2.21. The van der Waals surface area contributed by atoms with Crippen LogP contribution in [0.25, 0.3) is 0 Å². The van der Waals surface area contributed by atoms with Crippen molar-refractivity contribution in [1.29, 1.82) is 0 Å². The summed E-state index contributed by atoms with van der Waals surface area (Å²) in [6.07, 6.45) is 3.17. The average Bonchev–Trinajstić information content (AvgIpc) is 2.44. The van der Waals surface area contributed by atoms with E-state index in [1.807, 2.05) is 27.7 Å². The number of aromatic nitrogens is 1. The van der Waals surface area contributed by atoms with Crippen molar-refractivity contribution in [3.63, 3.8) is 0 Å². The number of pyridine rings is 1. The van der Waals surface area contributed by atoms with Crippen LogP contribution in [0.4, 0.5) is 5.82 Å². The highest BCUT2D eigenvalue weighted by atomic mass is 35.5. The normalized spacial score (nSPS) is 14.7. The summed E-state index contributed by atoms with van der Waals surface area (Å²) in [5.41, 5.74) is 0. The van der Waals surface area contributed by atoms with Crippen molar-refractivity contribution < 1.29 is 8.42 Å². The Bertz CT molecular complexity index is 563. The van der Waals surface area contributed by atoms with Crippen LogP contribution in [0.15, 0.2) is 17.2 Å². The molecule has 0 fully saturated rings. The Morgan fingerprint density at radius 2 is 2.00 bits per heavy atom. The van der Waals surface area contributed by atoms with Crippen LogP contribution in [0, 0.1) is 5.92 Å². The van der Waals surface area contributed by atoms with Gasteiger partial charge in [0, 0.05) is 18.8 Å². The van der Waals surface area contributed by atoms with E-state index in [1.165, 1.54) is 12.3 Å². The molecule has 0 saturated carbocycles. The van der Waals surface area contributed by atoms with Crippen molar-refractivity contribution in [2.75, 3.05) is 11.9 Å². The van der Waals surface area contributed by atoms with Gasteiger partial charge in [-0.05, 0) is 25.3 Å². The fourth-order valence-corrected chi connectivity index (χ4v) is 3.34. The van der Waals surface area contributed by atoms with Crippen molar-refractivity contribution in [2.24, 2.45) is 5.92 Å². The number of nitrogens with zero attached hydrogens (tertiary/aromatic N) is 1. The van der Waals surface area contributed by atoms with Crippen molar-refractivity contribution in [3.8, 4) is 0 Å². The third-order valence-corrected chi connectivity index (χ3v) is 5.32. The summed E-state index contributed by atoms with van der Waals surface area (Å²) >= 11 is 6.08. The van der Waals surface area contributed by atoms with Crippen molar-refractivity contribution in [3.05, 3.63) is 17.3 Å². The third-order valence-electron chi connectivity index (χ3n) is 3.51. The molecule has 0 aliphatic rings. The van der Waals surface area contributed by atoms with Crippen LogP contribution in [0.2, 0.25) is 5.02 Å². The molecule has 120 valence electrons. The molecule has 0 aliphatic heterocycles. The zero-order chi connectivity index (χ0) is 16.0. The molecule has 2 unspecified atom stereocenters. The molecule has 7 heteroatoms. The molecule has 21 heavy (non-hydrogen) atoms. The largest absolute Gasteiger partial charge is 0.369 e.